The minimum atomic E-state index is -4.67. The summed E-state index contributed by atoms with van der Waals surface area (Å²) in [6.45, 7) is 5.97. The lowest BCUT2D eigenvalue weighted by Gasteiger charge is -2.27. The molecule has 19 heavy (non-hydrogen) atoms. The summed E-state index contributed by atoms with van der Waals surface area (Å²) in [5, 5.41) is 3.01. The number of nitrogens with one attached hydrogen (secondary N) is 1. The molecular weight excluding hydrogens is 258 g/mol. The summed E-state index contributed by atoms with van der Waals surface area (Å²) >= 11 is 0. The third-order valence-electron chi connectivity index (χ3n) is 3.54. The van der Waals surface area contributed by atoms with Crippen LogP contribution in [0.15, 0.2) is 18.2 Å². The molecule has 0 saturated carbocycles. The fourth-order valence-electron chi connectivity index (χ4n) is 2.07. The van der Waals surface area contributed by atoms with Gasteiger partial charge in [0.1, 0.15) is 5.82 Å². The van der Waals surface area contributed by atoms with E-state index in [4.69, 9.17) is 0 Å². The van der Waals surface area contributed by atoms with Crippen molar-refractivity contribution in [1.29, 1.82) is 0 Å². The van der Waals surface area contributed by atoms with Crippen LogP contribution < -0.4 is 5.32 Å². The molecule has 5 heteroatoms. The molecule has 108 valence electrons. The molecule has 2 atom stereocenters. The van der Waals surface area contributed by atoms with Crippen molar-refractivity contribution < 1.29 is 17.6 Å². The van der Waals surface area contributed by atoms with E-state index in [1.54, 1.807) is 7.05 Å². The molecule has 0 amide bonds. The van der Waals surface area contributed by atoms with Crippen LogP contribution in [-0.4, -0.2) is 7.05 Å². The van der Waals surface area contributed by atoms with Gasteiger partial charge in [-0.2, -0.15) is 13.2 Å². The van der Waals surface area contributed by atoms with Crippen LogP contribution in [0.4, 0.5) is 17.6 Å². The van der Waals surface area contributed by atoms with Crippen molar-refractivity contribution in [3.8, 4) is 0 Å². The highest BCUT2D eigenvalue weighted by atomic mass is 19.4. The van der Waals surface area contributed by atoms with E-state index in [-0.39, 0.29) is 12.0 Å². The molecule has 1 aromatic rings. The first kappa shape index (κ1) is 16.0. The number of alkyl halides is 3. The minimum Gasteiger partial charge on any atom is -0.313 e. The third kappa shape index (κ3) is 3.69. The zero-order valence-electron chi connectivity index (χ0n) is 11.5. The Morgan fingerprint density at radius 3 is 2.11 bits per heavy atom. The van der Waals surface area contributed by atoms with Crippen LogP contribution in [0.25, 0.3) is 0 Å². The zero-order chi connectivity index (χ0) is 14.8. The van der Waals surface area contributed by atoms with Gasteiger partial charge in [0.25, 0.3) is 0 Å². The summed E-state index contributed by atoms with van der Waals surface area (Å²) in [5.74, 6) is -0.795. The molecule has 0 aliphatic heterocycles. The summed E-state index contributed by atoms with van der Waals surface area (Å²) in [5.41, 5.74) is -0.751. The Morgan fingerprint density at radius 2 is 1.68 bits per heavy atom. The summed E-state index contributed by atoms with van der Waals surface area (Å²) in [6.07, 6.45) is -4.67. The number of benzene rings is 1. The second-order valence-electron chi connectivity index (χ2n) is 5.11. The molecule has 1 aromatic carbocycles. The van der Waals surface area contributed by atoms with E-state index in [0.717, 1.165) is 12.1 Å². The van der Waals surface area contributed by atoms with Gasteiger partial charge in [0.2, 0.25) is 0 Å². The van der Waals surface area contributed by atoms with Gasteiger partial charge in [0.05, 0.1) is 5.56 Å². The van der Waals surface area contributed by atoms with Crippen LogP contribution in [0.2, 0.25) is 0 Å². The summed E-state index contributed by atoms with van der Waals surface area (Å²) in [7, 11) is 1.69. The number of hydrogen-bond acceptors (Lipinski definition) is 1. The van der Waals surface area contributed by atoms with Crippen molar-refractivity contribution in [2.75, 3.05) is 7.05 Å². The predicted molar refractivity (Wildman–Crippen MR) is 67.2 cm³/mol. The van der Waals surface area contributed by atoms with Crippen LogP contribution in [0.1, 0.15) is 37.9 Å². The average Bonchev–Trinajstić information content (AvgIpc) is 2.30. The van der Waals surface area contributed by atoms with E-state index in [1.807, 2.05) is 20.8 Å². The molecule has 0 radical (unpaired) electrons. The molecule has 2 unspecified atom stereocenters. The van der Waals surface area contributed by atoms with Crippen LogP contribution >= 0.6 is 0 Å². The monoisotopic (exact) mass is 277 g/mol. The molecule has 0 bridgehead atoms. The van der Waals surface area contributed by atoms with E-state index < -0.39 is 17.6 Å². The maximum Gasteiger partial charge on any atom is 0.419 e. The second kappa shape index (κ2) is 5.90. The smallest absolute Gasteiger partial charge is 0.313 e. The third-order valence-corrected chi connectivity index (χ3v) is 3.54. The summed E-state index contributed by atoms with van der Waals surface area (Å²) in [4.78, 5) is 0. The van der Waals surface area contributed by atoms with E-state index in [1.165, 1.54) is 6.07 Å². The molecule has 1 rings (SSSR count). The van der Waals surface area contributed by atoms with Crippen molar-refractivity contribution in [2.45, 2.75) is 33.0 Å². The molecule has 0 aliphatic rings. The molecule has 0 aliphatic carbocycles. The molecule has 0 saturated heterocycles. The SMILES string of the molecule is CNC(c1ccc(F)c(C(F)(F)F)c1)C(C)C(C)C. The zero-order valence-corrected chi connectivity index (χ0v) is 11.5. The Kier molecular flexibility index (Phi) is 4.96. The Morgan fingerprint density at radius 1 is 1.11 bits per heavy atom. The first-order chi connectivity index (χ1) is 8.68. The standard InChI is InChI=1S/C14H19F4N/c1-8(2)9(3)13(19-4)10-5-6-12(15)11(7-10)14(16,17)18/h5-9,13,19H,1-4H3. The first-order valence-corrected chi connectivity index (χ1v) is 6.22. The van der Waals surface area contributed by atoms with Crippen LogP contribution in [0.5, 0.6) is 0 Å². The molecule has 0 aromatic heterocycles. The van der Waals surface area contributed by atoms with Gasteiger partial charge in [-0.25, -0.2) is 4.39 Å². The van der Waals surface area contributed by atoms with Crippen LogP contribution in [0, 0.1) is 17.7 Å². The maximum absolute atomic E-state index is 13.3. The highest BCUT2D eigenvalue weighted by molar-refractivity contribution is 5.30. The molecular formula is C14H19F4N. The highest BCUT2D eigenvalue weighted by Crippen LogP contribution is 2.35. The maximum atomic E-state index is 13.3. The largest absolute Gasteiger partial charge is 0.419 e. The fraction of sp³-hybridized carbons (Fsp3) is 0.571. The molecule has 1 N–H and O–H groups in total. The van der Waals surface area contributed by atoms with Crippen molar-refractivity contribution in [3.05, 3.63) is 35.1 Å². The van der Waals surface area contributed by atoms with Gasteiger partial charge in [-0.05, 0) is 36.6 Å². The topological polar surface area (TPSA) is 12.0 Å². The van der Waals surface area contributed by atoms with E-state index in [2.05, 4.69) is 5.32 Å². The van der Waals surface area contributed by atoms with Crippen molar-refractivity contribution in [1.82, 2.24) is 5.32 Å². The van der Waals surface area contributed by atoms with E-state index in [9.17, 15) is 17.6 Å². The molecule has 0 fully saturated rings. The van der Waals surface area contributed by atoms with E-state index >= 15 is 0 Å². The minimum absolute atomic E-state index is 0.136. The second-order valence-corrected chi connectivity index (χ2v) is 5.11. The first-order valence-electron chi connectivity index (χ1n) is 6.22. The normalized spacial score (nSPS) is 15.6. The number of halogens is 4. The lowest BCUT2D eigenvalue weighted by Crippen LogP contribution is -2.27. The van der Waals surface area contributed by atoms with Gasteiger partial charge in [-0.1, -0.05) is 26.8 Å². The Balaban J connectivity index is 3.20. The van der Waals surface area contributed by atoms with Crippen molar-refractivity contribution in [2.24, 2.45) is 11.8 Å². The van der Waals surface area contributed by atoms with Gasteiger partial charge >= 0.3 is 6.18 Å². The van der Waals surface area contributed by atoms with Gasteiger partial charge in [-0.3, -0.25) is 0 Å². The summed E-state index contributed by atoms with van der Waals surface area (Å²) < 4.78 is 51.3. The lowest BCUT2D eigenvalue weighted by atomic mass is 9.85. The average molecular weight is 277 g/mol. The quantitative estimate of drug-likeness (QED) is 0.804. The highest BCUT2D eigenvalue weighted by Gasteiger charge is 2.35. The van der Waals surface area contributed by atoms with Crippen LogP contribution in [0.3, 0.4) is 0 Å². The predicted octanol–water partition coefficient (Wildman–Crippen LogP) is 4.40. The van der Waals surface area contributed by atoms with Gasteiger partial charge in [-0.15, -0.1) is 0 Å². The molecule has 1 nitrogen and oxygen atoms in total. The molecule has 0 heterocycles. The Hall–Kier alpha value is -1.10. The van der Waals surface area contributed by atoms with Gasteiger partial charge in [0.15, 0.2) is 0 Å². The van der Waals surface area contributed by atoms with Gasteiger partial charge in [0, 0.05) is 6.04 Å². The van der Waals surface area contributed by atoms with E-state index in [0.29, 0.717) is 11.5 Å². The number of hydrogen-bond donors (Lipinski definition) is 1. The Labute approximate surface area is 111 Å². The number of rotatable bonds is 4. The summed E-state index contributed by atoms with van der Waals surface area (Å²) in [6, 6.07) is 2.96. The molecule has 0 spiro atoms. The van der Waals surface area contributed by atoms with Crippen LogP contribution in [-0.2, 0) is 6.18 Å². The Bertz CT molecular complexity index is 426. The fourth-order valence-corrected chi connectivity index (χ4v) is 2.07. The van der Waals surface area contributed by atoms with Crippen molar-refractivity contribution >= 4 is 0 Å². The van der Waals surface area contributed by atoms with Gasteiger partial charge < -0.3 is 5.32 Å². The van der Waals surface area contributed by atoms with Crippen molar-refractivity contribution in [3.63, 3.8) is 0 Å². The lowest BCUT2D eigenvalue weighted by molar-refractivity contribution is -0.140.